The number of nitrogens with one attached hydrogen (secondary N) is 1. The van der Waals surface area contributed by atoms with E-state index in [1.165, 1.54) is 17.2 Å². The van der Waals surface area contributed by atoms with Crippen molar-refractivity contribution in [2.75, 3.05) is 6.54 Å². The molecule has 1 N–H and O–H groups in total. The van der Waals surface area contributed by atoms with E-state index in [9.17, 15) is 0 Å². The summed E-state index contributed by atoms with van der Waals surface area (Å²) in [6.07, 6.45) is 4.92. The molecule has 114 valence electrons. The molecule has 21 heavy (non-hydrogen) atoms. The van der Waals surface area contributed by atoms with Gasteiger partial charge in [0, 0.05) is 43.0 Å². The molecule has 2 aromatic rings. The first-order valence-corrected chi connectivity index (χ1v) is 7.75. The monoisotopic (exact) mass is 287 g/mol. The molecule has 0 radical (unpaired) electrons. The maximum absolute atomic E-state index is 4.94. The molecule has 0 aromatic carbocycles. The summed E-state index contributed by atoms with van der Waals surface area (Å²) < 4.78 is 4.46. The van der Waals surface area contributed by atoms with Gasteiger partial charge in [0.15, 0.2) is 0 Å². The zero-order valence-electron chi connectivity index (χ0n) is 13.4. The van der Waals surface area contributed by atoms with Crippen LogP contribution in [0.5, 0.6) is 0 Å². The smallest absolute Gasteiger partial charge is 0.114 e. The van der Waals surface area contributed by atoms with Crippen LogP contribution in [-0.2, 0) is 24.9 Å². The Morgan fingerprint density at radius 3 is 2.86 bits per heavy atom. The molecule has 5 heteroatoms. The fourth-order valence-corrected chi connectivity index (χ4v) is 3.10. The summed E-state index contributed by atoms with van der Waals surface area (Å²) in [6.45, 7) is 11.8. The minimum absolute atomic E-state index is 0.0513. The van der Waals surface area contributed by atoms with Crippen LogP contribution < -0.4 is 5.32 Å². The standard InChI is InChI=1S/C16H25N5/c1-12(11-20-9-5-7-18-20)21-14-6-8-17-10-13(14)19-15(21)16(2,3)4/h5,7,9,12,17H,6,8,10-11H2,1-4H3. The fourth-order valence-electron chi connectivity index (χ4n) is 3.10. The maximum atomic E-state index is 4.94. The van der Waals surface area contributed by atoms with Crippen molar-refractivity contribution < 1.29 is 0 Å². The average molecular weight is 287 g/mol. The first-order chi connectivity index (χ1) is 9.97. The van der Waals surface area contributed by atoms with Crippen LogP contribution in [0.25, 0.3) is 0 Å². The van der Waals surface area contributed by atoms with Crippen molar-refractivity contribution in [1.82, 2.24) is 24.6 Å². The molecule has 5 nitrogen and oxygen atoms in total. The first-order valence-electron chi connectivity index (χ1n) is 7.75. The largest absolute Gasteiger partial charge is 0.327 e. The predicted octanol–water partition coefficient (Wildman–Crippen LogP) is 2.28. The fraction of sp³-hybridized carbons (Fsp3) is 0.625. The second kappa shape index (κ2) is 5.30. The van der Waals surface area contributed by atoms with Crippen LogP contribution in [0.15, 0.2) is 18.5 Å². The van der Waals surface area contributed by atoms with Gasteiger partial charge in [-0.1, -0.05) is 20.8 Å². The molecule has 2 aromatic heterocycles. The number of hydrogen-bond acceptors (Lipinski definition) is 3. The average Bonchev–Trinajstić information content (AvgIpc) is 3.03. The zero-order chi connectivity index (χ0) is 15.0. The molecule has 0 aliphatic carbocycles. The Morgan fingerprint density at radius 1 is 1.38 bits per heavy atom. The van der Waals surface area contributed by atoms with Crippen LogP contribution in [0, 0.1) is 0 Å². The Morgan fingerprint density at radius 2 is 2.19 bits per heavy atom. The summed E-state index contributed by atoms with van der Waals surface area (Å²) >= 11 is 0. The molecule has 1 aliphatic heterocycles. The van der Waals surface area contributed by atoms with Crippen molar-refractivity contribution in [2.45, 2.75) is 58.7 Å². The van der Waals surface area contributed by atoms with Crippen LogP contribution in [0.4, 0.5) is 0 Å². The predicted molar refractivity (Wildman–Crippen MR) is 83.3 cm³/mol. The number of hydrogen-bond donors (Lipinski definition) is 1. The van der Waals surface area contributed by atoms with Crippen molar-refractivity contribution in [1.29, 1.82) is 0 Å². The summed E-state index contributed by atoms with van der Waals surface area (Å²) in [5.74, 6) is 1.19. The second-order valence-electron chi connectivity index (χ2n) is 6.95. The molecule has 0 fully saturated rings. The summed E-state index contributed by atoms with van der Waals surface area (Å²) in [5, 5.41) is 7.76. The molecular formula is C16H25N5. The molecule has 0 spiro atoms. The van der Waals surface area contributed by atoms with Crippen LogP contribution in [-0.4, -0.2) is 25.9 Å². The topological polar surface area (TPSA) is 47.7 Å². The van der Waals surface area contributed by atoms with Crippen molar-refractivity contribution in [2.24, 2.45) is 0 Å². The van der Waals surface area contributed by atoms with Gasteiger partial charge in [0.05, 0.1) is 18.3 Å². The van der Waals surface area contributed by atoms with E-state index < -0.39 is 0 Å². The number of imidazole rings is 1. The summed E-state index contributed by atoms with van der Waals surface area (Å²) in [6, 6.07) is 2.33. The molecule has 1 aliphatic rings. The third-order valence-corrected chi connectivity index (χ3v) is 4.05. The van der Waals surface area contributed by atoms with Crippen LogP contribution >= 0.6 is 0 Å². The number of rotatable bonds is 3. The lowest BCUT2D eigenvalue weighted by Crippen LogP contribution is -2.28. The summed E-state index contributed by atoms with van der Waals surface area (Å²) in [5.41, 5.74) is 2.67. The minimum Gasteiger partial charge on any atom is -0.327 e. The molecule has 0 amide bonds. The summed E-state index contributed by atoms with van der Waals surface area (Å²) in [4.78, 5) is 4.94. The molecule has 0 saturated heterocycles. The van der Waals surface area contributed by atoms with E-state index in [1.807, 2.05) is 23.1 Å². The quantitative estimate of drug-likeness (QED) is 0.942. The minimum atomic E-state index is 0.0513. The van der Waals surface area contributed by atoms with E-state index in [0.717, 1.165) is 26.1 Å². The van der Waals surface area contributed by atoms with Gasteiger partial charge in [-0.3, -0.25) is 4.68 Å². The van der Waals surface area contributed by atoms with Crippen molar-refractivity contribution in [3.05, 3.63) is 35.7 Å². The van der Waals surface area contributed by atoms with Crippen LogP contribution in [0.3, 0.4) is 0 Å². The Labute approximate surface area is 126 Å². The number of nitrogens with zero attached hydrogens (tertiary/aromatic N) is 4. The lowest BCUT2D eigenvalue weighted by atomic mass is 9.95. The normalized spacial score (nSPS) is 16.8. The molecule has 3 heterocycles. The van der Waals surface area contributed by atoms with Crippen molar-refractivity contribution in [3.8, 4) is 0 Å². The van der Waals surface area contributed by atoms with E-state index in [2.05, 4.69) is 42.7 Å². The molecular weight excluding hydrogens is 262 g/mol. The maximum Gasteiger partial charge on any atom is 0.114 e. The van der Waals surface area contributed by atoms with E-state index in [0.29, 0.717) is 6.04 Å². The highest BCUT2D eigenvalue weighted by molar-refractivity contribution is 5.24. The van der Waals surface area contributed by atoms with E-state index in [4.69, 9.17) is 4.98 Å². The molecule has 0 saturated carbocycles. The van der Waals surface area contributed by atoms with Gasteiger partial charge < -0.3 is 9.88 Å². The van der Waals surface area contributed by atoms with E-state index >= 15 is 0 Å². The van der Waals surface area contributed by atoms with Gasteiger partial charge in [-0.15, -0.1) is 0 Å². The Kier molecular flexibility index (Phi) is 3.61. The van der Waals surface area contributed by atoms with Crippen molar-refractivity contribution in [3.63, 3.8) is 0 Å². The first kappa shape index (κ1) is 14.3. The summed E-state index contributed by atoms with van der Waals surface area (Å²) in [7, 11) is 0. The lowest BCUT2D eigenvalue weighted by Gasteiger charge is -2.26. The van der Waals surface area contributed by atoms with Gasteiger partial charge in [-0.25, -0.2) is 4.98 Å². The van der Waals surface area contributed by atoms with E-state index in [-0.39, 0.29) is 5.41 Å². The highest BCUT2D eigenvalue weighted by Gasteiger charge is 2.29. The van der Waals surface area contributed by atoms with Gasteiger partial charge in [-0.05, 0) is 13.0 Å². The van der Waals surface area contributed by atoms with Crippen LogP contribution in [0.1, 0.15) is 50.9 Å². The number of aromatic nitrogens is 4. The highest BCUT2D eigenvalue weighted by atomic mass is 15.3. The second-order valence-corrected chi connectivity index (χ2v) is 6.95. The van der Waals surface area contributed by atoms with Gasteiger partial charge in [-0.2, -0.15) is 5.10 Å². The highest BCUT2D eigenvalue weighted by Crippen LogP contribution is 2.29. The third kappa shape index (κ3) is 2.75. The molecule has 3 rings (SSSR count). The molecule has 1 atom stereocenters. The zero-order valence-corrected chi connectivity index (χ0v) is 13.4. The Balaban J connectivity index is 2.00. The van der Waals surface area contributed by atoms with Gasteiger partial charge in [0.25, 0.3) is 0 Å². The van der Waals surface area contributed by atoms with E-state index in [1.54, 1.807) is 0 Å². The Hall–Kier alpha value is -1.62. The van der Waals surface area contributed by atoms with Gasteiger partial charge in [0.1, 0.15) is 5.82 Å². The van der Waals surface area contributed by atoms with Crippen LogP contribution in [0.2, 0.25) is 0 Å². The third-order valence-electron chi connectivity index (χ3n) is 4.05. The molecule has 0 bridgehead atoms. The van der Waals surface area contributed by atoms with Crippen molar-refractivity contribution >= 4 is 0 Å². The lowest BCUT2D eigenvalue weighted by molar-refractivity contribution is 0.386. The number of fused-ring (bicyclic) bond motifs is 1. The SMILES string of the molecule is CC(Cn1cccn1)n1c(C(C)(C)C)nc2c1CCNC2. The van der Waals surface area contributed by atoms with Gasteiger partial charge in [0.2, 0.25) is 0 Å². The Bertz CT molecular complexity index is 603. The molecule has 1 unspecified atom stereocenters. The van der Waals surface area contributed by atoms with Gasteiger partial charge >= 0.3 is 0 Å².